The van der Waals surface area contributed by atoms with Crippen molar-refractivity contribution in [1.29, 1.82) is 0 Å². The molecule has 0 aliphatic rings. The van der Waals surface area contributed by atoms with E-state index in [1.165, 1.54) is 11.6 Å². The van der Waals surface area contributed by atoms with Crippen LogP contribution in [-0.2, 0) is 13.6 Å². The molecule has 0 saturated carbocycles. The molecule has 2 heterocycles. The van der Waals surface area contributed by atoms with Gasteiger partial charge in [-0.1, -0.05) is 47.5 Å². The molecule has 2 N–H and O–H groups in total. The lowest BCUT2D eigenvalue weighted by Crippen LogP contribution is -2.38. The van der Waals surface area contributed by atoms with E-state index in [9.17, 15) is 9.59 Å². The van der Waals surface area contributed by atoms with Crippen LogP contribution in [0.25, 0.3) is 28.2 Å². The first-order valence-electron chi connectivity index (χ1n) is 10.6. The van der Waals surface area contributed by atoms with Crippen LogP contribution < -0.4 is 16.4 Å². The standard InChI is InChI=1S/C25H19Cl2N5O2S/c1-30-24(33)21-23(31(25(30)34)14-15-6-12-18(35-28)13-7-15)29-22(19-4-2-3-5-20(19)27)32(21)17-10-8-16(26)9-11-17/h2-13H,14,28H2,1H3. The van der Waals surface area contributed by atoms with Gasteiger partial charge >= 0.3 is 5.69 Å². The Kier molecular flexibility index (Phi) is 6.29. The van der Waals surface area contributed by atoms with E-state index < -0.39 is 11.2 Å². The molecule has 3 aromatic carbocycles. The molecule has 0 aliphatic heterocycles. The Morgan fingerprint density at radius 3 is 2.29 bits per heavy atom. The number of nitrogens with two attached hydrogens (primary N) is 1. The fourth-order valence-corrected chi connectivity index (χ4v) is 4.61. The van der Waals surface area contributed by atoms with Gasteiger partial charge in [0.05, 0.1) is 11.6 Å². The maximum absolute atomic E-state index is 13.4. The van der Waals surface area contributed by atoms with Crippen LogP contribution >= 0.6 is 35.1 Å². The molecule has 35 heavy (non-hydrogen) atoms. The van der Waals surface area contributed by atoms with E-state index >= 15 is 0 Å². The molecule has 0 fully saturated rings. The van der Waals surface area contributed by atoms with Crippen molar-refractivity contribution >= 4 is 46.3 Å². The predicted molar refractivity (Wildman–Crippen MR) is 142 cm³/mol. The highest BCUT2D eigenvalue weighted by molar-refractivity contribution is 7.97. The van der Waals surface area contributed by atoms with Crippen LogP contribution in [0.4, 0.5) is 0 Å². The van der Waals surface area contributed by atoms with Crippen molar-refractivity contribution < 1.29 is 0 Å². The van der Waals surface area contributed by atoms with E-state index in [-0.39, 0.29) is 17.7 Å². The van der Waals surface area contributed by atoms with Crippen molar-refractivity contribution in [2.45, 2.75) is 11.4 Å². The first kappa shape index (κ1) is 23.4. The monoisotopic (exact) mass is 523 g/mol. The van der Waals surface area contributed by atoms with Gasteiger partial charge in [-0.15, -0.1) is 0 Å². The van der Waals surface area contributed by atoms with Crippen molar-refractivity contribution in [3.05, 3.63) is 109 Å². The van der Waals surface area contributed by atoms with E-state index in [0.717, 1.165) is 27.0 Å². The van der Waals surface area contributed by atoms with Gasteiger partial charge in [0.15, 0.2) is 11.2 Å². The van der Waals surface area contributed by atoms with Crippen molar-refractivity contribution in [3.8, 4) is 17.1 Å². The van der Waals surface area contributed by atoms with Gasteiger partial charge in [-0.2, -0.15) is 0 Å². The van der Waals surface area contributed by atoms with E-state index in [4.69, 9.17) is 33.3 Å². The topological polar surface area (TPSA) is 87.8 Å². The van der Waals surface area contributed by atoms with Gasteiger partial charge < -0.3 is 0 Å². The van der Waals surface area contributed by atoms with Crippen LogP contribution in [-0.4, -0.2) is 18.7 Å². The molecule has 0 aliphatic carbocycles. The highest BCUT2D eigenvalue weighted by Crippen LogP contribution is 2.32. The summed E-state index contributed by atoms with van der Waals surface area (Å²) in [5, 5.41) is 6.66. The van der Waals surface area contributed by atoms with Crippen molar-refractivity contribution in [3.63, 3.8) is 0 Å². The van der Waals surface area contributed by atoms with Gasteiger partial charge in [-0.25, -0.2) is 9.78 Å². The number of rotatable bonds is 5. The number of fused-ring (bicyclic) bond motifs is 1. The second kappa shape index (κ2) is 9.39. The maximum Gasteiger partial charge on any atom is 0.332 e. The van der Waals surface area contributed by atoms with Crippen LogP contribution in [0.2, 0.25) is 10.0 Å². The van der Waals surface area contributed by atoms with Crippen LogP contribution in [0.5, 0.6) is 0 Å². The lowest BCUT2D eigenvalue weighted by Gasteiger charge is -2.12. The Bertz CT molecular complexity index is 1670. The third-order valence-electron chi connectivity index (χ3n) is 5.74. The van der Waals surface area contributed by atoms with E-state index in [0.29, 0.717) is 27.1 Å². The van der Waals surface area contributed by atoms with Gasteiger partial charge in [0.1, 0.15) is 5.82 Å². The molecular weight excluding hydrogens is 505 g/mol. The van der Waals surface area contributed by atoms with Crippen LogP contribution in [0.15, 0.2) is 87.3 Å². The molecular formula is C25H19Cl2N5O2S. The van der Waals surface area contributed by atoms with Crippen molar-refractivity contribution in [2.75, 3.05) is 0 Å². The molecule has 5 rings (SSSR count). The number of nitrogens with zero attached hydrogens (tertiary/aromatic N) is 4. The minimum Gasteiger partial charge on any atom is -0.286 e. The fraction of sp³-hybridized carbons (Fsp3) is 0.0800. The summed E-state index contributed by atoms with van der Waals surface area (Å²) in [5.41, 5.74) is 1.76. The molecule has 0 atom stereocenters. The van der Waals surface area contributed by atoms with Crippen LogP contribution in [0, 0.1) is 0 Å². The summed E-state index contributed by atoms with van der Waals surface area (Å²) in [6.07, 6.45) is 0. The summed E-state index contributed by atoms with van der Waals surface area (Å²) in [6, 6.07) is 21.8. The Balaban J connectivity index is 1.85. The normalized spacial score (nSPS) is 11.3. The summed E-state index contributed by atoms with van der Waals surface area (Å²) in [6.45, 7) is 0.221. The first-order chi connectivity index (χ1) is 16.9. The average molecular weight is 524 g/mol. The number of benzene rings is 3. The molecule has 0 radical (unpaired) electrons. The SMILES string of the molecule is Cn1c(=O)c2c(nc(-c3ccccc3Cl)n2-c2ccc(Cl)cc2)n(Cc2ccc(SN)cc2)c1=O. The molecule has 7 nitrogen and oxygen atoms in total. The maximum atomic E-state index is 13.4. The number of hydrogen-bond donors (Lipinski definition) is 1. The number of aromatic nitrogens is 4. The third-order valence-corrected chi connectivity index (χ3v) is 6.87. The summed E-state index contributed by atoms with van der Waals surface area (Å²) >= 11 is 13.8. The van der Waals surface area contributed by atoms with Gasteiger partial charge in [0, 0.05) is 28.2 Å². The highest BCUT2D eigenvalue weighted by atomic mass is 35.5. The molecule has 0 saturated heterocycles. The van der Waals surface area contributed by atoms with Gasteiger partial charge in [-0.3, -0.25) is 23.6 Å². The zero-order chi connectivity index (χ0) is 24.7. The Labute approximate surface area is 214 Å². The van der Waals surface area contributed by atoms with Crippen molar-refractivity contribution in [2.24, 2.45) is 12.2 Å². The molecule has 10 heteroatoms. The first-order valence-corrected chi connectivity index (χ1v) is 12.2. The molecule has 0 amide bonds. The van der Waals surface area contributed by atoms with Gasteiger partial charge in [0.2, 0.25) is 0 Å². The molecule has 0 bridgehead atoms. The molecule has 176 valence electrons. The highest BCUT2D eigenvalue weighted by Gasteiger charge is 2.23. The summed E-state index contributed by atoms with van der Waals surface area (Å²) in [5.74, 6) is 0.444. The Hall–Kier alpha value is -3.30. The largest absolute Gasteiger partial charge is 0.332 e. The number of halogens is 2. The Morgan fingerprint density at radius 1 is 0.943 bits per heavy atom. The lowest BCUT2D eigenvalue weighted by molar-refractivity contribution is 0.668. The van der Waals surface area contributed by atoms with E-state index in [1.54, 1.807) is 34.9 Å². The minimum absolute atomic E-state index is 0.221. The predicted octanol–water partition coefficient (Wildman–Crippen LogP) is 4.87. The quantitative estimate of drug-likeness (QED) is 0.332. The molecule has 2 aromatic heterocycles. The van der Waals surface area contributed by atoms with Crippen molar-refractivity contribution in [1.82, 2.24) is 18.7 Å². The Morgan fingerprint density at radius 2 is 1.63 bits per heavy atom. The number of imidazole rings is 1. The summed E-state index contributed by atoms with van der Waals surface area (Å²) < 4.78 is 4.31. The zero-order valence-corrected chi connectivity index (χ0v) is 20.8. The zero-order valence-electron chi connectivity index (χ0n) is 18.5. The number of hydrogen-bond acceptors (Lipinski definition) is 5. The summed E-state index contributed by atoms with van der Waals surface area (Å²) in [4.78, 5) is 32.4. The minimum atomic E-state index is -0.466. The second-order valence-electron chi connectivity index (χ2n) is 7.89. The van der Waals surface area contributed by atoms with Gasteiger partial charge in [0.25, 0.3) is 5.56 Å². The lowest BCUT2D eigenvalue weighted by atomic mass is 10.2. The molecule has 0 unspecified atom stereocenters. The van der Waals surface area contributed by atoms with Crippen LogP contribution in [0.1, 0.15) is 5.56 Å². The fourth-order valence-electron chi connectivity index (χ4n) is 3.97. The third kappa shape index (κ3) is 4.19. The molecule has 0 spiro atoms. The van der Waals surface area contributed by atoms with E-state index in [1.807, 2.05) is 42.5 Å². The average Bonchev–Trinajstić information content (AvgIpc) is 3.26. The van der Waals surface area contributed by atoms with E-state index in [2.05, 4.69) is 0 Å². The van der Waals surface area contributed by atoms with Crippen LogP contribution in [0.3, 0.4) is 0 Å². The second-order valence-corrected chi connectivity index (χ2v) is 9.44. The summed E-state index contributed by atoms with van der Waals surface area (Å²) in [7, 11) is 1.46. The van der Waals surface area contributed by atoms with Gasteiger partial charge in [-0.05, 0) is 66.0 Å². The smallest absolute Gasteiger partial charge is 0.286 e. The molecule has 5 aromatic rings.